The molecule has 0 fully saturated rings. The van der Waals surface area contributed by atoms with Crippen molar-refractivity contribution in [2.45, 2.75) is 38.5 Å². The fourth-order valence-electron chi connectivity index (χ4n) is 3.35. The molecule has 0 amide bonds. The van der Waals surface area contributed by atoms with Gasteiger partial charge < -0.3 is 5.11 Å². The van der Waals surface area contributed by atoms with E-state index in [1.54, 1.807) is 26.1 Å². The number of nitrogens with zero attached hydrogens (tertiary/aromatic N) is 2. The molecule has 0 radical (unpaired) electrons. The number of aryl methyl sites for hydroxylation is 1. The number of benzene rings is 1. The van der Waals surface area contributed by atoms with Gasteiger partial charge in [0.25, 0.3) is 0 Å². The number of fused-ring (bicyclic) bond motifs is 1. The highest BCUT2D eigenvalue weighted by molar-refractivity contribution is 5.89. The zero-order chi connectivity index (χ0) is 17.0. The number of carbonyl (C=O) groups is 1. The third kappa shape index (κ3) is 3.01. The predicted molar refractivity (Wildman–Crippen MR) is 85.7 cm³/mol. The minimum atomic E-state index is -0.663. The van der Waals surface area contributed by atoms with E-state index in [0.29, 0.717) is 24.8 Å². The predicted octanol–water partition coefficient (Wildman–Crippen LogP) is 2.55. The molecule has 1 aliphatic carbocycles. The Morgan fingerprint density at radius 1 is 1.35 bits per heavy atom. The molecule has 122 valence electrons. The van der Waals surface area contributed by atoms with Gasteiger partial charge in [0.2, 0.25) is 0 Å². The van der Waals surface area contributed by atoms with Gasteiger partial charge in [-0.3, -0.25) is 4.79 Å². The first-order valence-corrected chi connectivity index (χ1v) is 7.54. The average molecular weight is 316 g/mol. The Morgan fingerprint density at radius 3 is 2.78 bits per heavy atom. The maximum atomic E-state index is 13.9. The molecule has 1 aromatic carbocycles. The summed E-state index contributed by atoms with van der Waals surface area (Å²) in [6.07, 6.45) is 5.23. The van der Waals surface area contributed by atoms with E-state index in [2.05, 4.69) is 9.97 Å². The summed E-state index contributed by atoms with van der Waals surface area (Å²) in [6, 6.07) is 4.99. The number of aromatic nitrogens is 2. The highest BCUT2D eigenvalue weighted by Gasteiger charge is 2.42. The second-order valence-electron chi connectivity index (χ2n) is 5.72. The summed E-state index contributed by atoms with van der Waals surface area (Å²) in [5.74, 6) is -0.186. The minimum absolute atomic E-state index is 0.0747. The summed E-state index contributed by atoms with van der Waals surface area (Å²) >= 11 is 0. The third-order valence-corrected chi connectivity index (χ3v) is 4.62. The Balaban J connectivity index is 0.000000924. The first-order chi connectivity index (χ1) is 11.0. The number of ketones is 1. The van der Waals surface area contributed by atoms with Gasteiger partial charge in [-0.2, -0.15) is 0 Å². The number of hydrogen-bond acceptors (Lipinski definition) is 4. The van der Waals surface area contributed by atoms with Gasteiger partial charge in [-0.05, 0) is 55.9 Å². The van der Waals surface area contributed by atoms with Crippen molar-refractivity contribution in [3.05, 3.63) is 58.9 Å². The first-order valence-electron chi connectivity index (χ1n) is 7.54. The van der Waals surface area contributed by atoms with Gasteiger partial charge in [0.1, 0.15) is 17.9 Å². The number of rotatable bonds is 2. The number of halogens is 1. The monoisotopic (exact) mass is 316 g/mol. The van der Waals surface area contributed by atoms with Crippen LogP contribution >= 0.6 is 0 Å². The van der Waals surface area contributed by atoms with E-state index in [0.717, 1.165) is 23.9 Å². The summed E-state index contributed by atoms with van der Waals surface area (Å²) in [7, 11) is 1.00. The molecule has 3 rings (SSSR count). The van der Waals surface area contributed by atoms with Crippen molar-refractivity contribution < 1.29 is 14.3 Å². The van der Waals surface area contributed by atoms with E-state index in [-0.39, 0.29) is 11.6 Å². The SMILES string of the molecule is CC(=O)C1(c2cccc(F)c2C)CCc2ncncc2C1.CO. The minimum Gasteiger partial charge on any atom is -0.400 e. The van der Waals surface area contributed by atoms with Crippen molar-refractivity contribution in [3.8, 4) is 0 Å². The van der Waals surface area contributed by atoms with E-state index >= 15 is 0 Å². The lowest BCUT2D eigenvalue weighted by atomic mass is 9.65. The maximum Gasteiger partial charge on any atom is 0.140 e. The molecule has 23 heavy (non-hydrogen) atoms. The molecule has 0 spiro atoms. The average Bonchev–Trinajstić information content (AvgIpc) is 2.58. The van der Waals surface area contributed by atoms with Gasteiger partial charge in [0, 0.05) is 19.0 Å². The van der Waals surface area contributed by atoms with Crippen molar-refractivity contribution >= 4 is 5.78 Å². The van der Waals surface area contributed by atoms with Gasteiger partial charge in [-0.15, -0.1) is 0 Å². The van der Waals surface area contributed by atoms with E-state index < -0.39 is 5.41 Å². The fourth-order valence-corrected chi connectivity index (χ4v) is 3.35. The molecule has 1 aliphatic rings. The van der Waals surface area contributed by atoms with Crippen LogP contribution in [0.5, 0.6) is 0 Å². The lowest BCUT2D eigenvalue weighted by molar-refractivity contribution is -0.123. The summed E-state index contributed by atoms with van der Waals surface area (Å²) in [6.45, 7) is 3.34. The molecule has 1 N–H and O–H groups in total. The molecule has 2 aromatic rings. The quantitative estimate of drug-likeness (QED) is 0.925. The van der Waals surface area contributed by atoms with Crippen LogP contribution in [-0.2, 0) is 23.1 Å². The maximum absolute atomic E-state index is 13.9. The highest BCUT2D eigenvalue weighted by Crippen LogP contribution is 2.40. The van der Waals surface area contributed by atoms with Gasteiger partial charge in [0.05, 0.1) is 5.41 Å². The summed E-state index contributed by atoms with van der Waals surface area (Å²) in [5, 5.41) is 7.00. The van der Waals surface area contributed by atoms with Crippen LogP contribution in [0.15, 0.2) is 30.7 Å². The molecular weight excluding hydrogens is 295 g/mol. The van der Waals surface area contributed by atoms with E-state index in [1.165, 1.54) is 12.4 Å². The molecule has 1 unspecified atom stereocenters. The van der Waals surface area contributed by atoms with Crippen LogP contribution in [0.4, 0.5) is 4.39 Å². The van der Waals surface area contributed by atoms with Gasteiger partial charge >= 0.3 is 0 Å². The fraction of sp³-hybridized carbons (Fsp3) is 0.389. The smallest absolute Gasteiger partial charge is 0.140 e. The van der Waals surface area contributed by atoms with Crippen molar-refractivity contribution in [1.29, 1.82) is 0 Å². The lowest BCUT2D eigenvalue weighted by Crippen LogP contribution is -2.41. The summed E-state index contributed by atoms with van der Waals surface area (Å²) in [4.78, 5) is 20.8. The second kappa shape index (κ2) is 6.96. The number of hydrogen-bond donors (Lipinski definition) is 1. The molecule has 0 aliphatic heterocycles. The van der Waals surface area contributed by atoms with Crippen molar-refractivity contribution in [2.75, 3.05) is 7.11 Å². The van der Waals surface area contributed by atoms with E-state index in [4.69, 9.17) is 5.11 Å². The molecule has 5 heteroatoms. The van der Waals surface area contributed by atoms with E-state index in [1.807, 2.05) is 6.07 Å². The second-order valence-corrected chi connectivity index (χ2v) is 5.72. The number of Topliss-reactive ketones (excluding diaryl/α,β-unsaturated/α-hetero) is 1. The largest absolute Gasteiger partial charge is 0.400 e. The molecule has 0 saturated heterocycles. The van der Waals surface area contributed by atoms with E-state index in [9.17, 15) is 9.18 Å². The Morgan fingerprint density at radius 2 is 2.09 bits per heavy atom. The van der Waals surface area contributed by atoms with Gasteiger partial charge in [0.15, 0.2) is 0 Å². The number of aliphatic hydroxyl groups is 1. The van der Waals surface area contributed by atoms with Crippen LogP contribution < -0.4 is 0 Å². The lowest BCUT2D eigenvalue weighted by Gasteiger charge is -2.37. The molecule has 0 bridgehead atoms. The molecule has 1 aromatic heterocycles. The van der Waals surface area contributed by atoms with Crippen molar-refractivity contribution in [2.24, 2.45) is 0 Å². The zero-order valence-corrected chi connectivity index (χ0v) is 13.6. The zero-order valence-electron chi connectivity index (χ0n) is 13.6. The van der Waals surface area contributed by atoms with Crippen LogP contribution in [0.2, 0.25) is 0 Å². The highest BCUT2D eigenvalue weighted by atomic mass is 19.1. The Kier molecular flexibility index (Phi) is 5.21. The van der Waals surface area contributed by atoms with Crippen molar-refractivity contribution in [3.63, 3.8) is 0 Å². The third-order valence-electron chi connectivity index (χ3n) is 4.62. The molecule has 1 atom stereocenters. The molecular formula is C18H21FN2O2. The summed E-state index contributed by atoms with van der Waals surface area (Å²) < 4.78 is 13.9. The molecule has 0 saturated carbocycles. The van der Waals surface area contributed by atoms with Crippen LogP contribution in [-0.4, -0.2) is 28.0 Å². The van der Waals surface area contributed by atoms with Crippen LogP contribution in [0.3, 0.4) is 0 Å². The Bertz CT molecular complexity index is 718. The van der Waals surface area contributed by atoms with Crippen LogP contribution in [0.1, 0.15) is 35.7 Å². The normalized spacial score (nSPS) is 19.3. The van der Waals surface area contributed by atoms with Gasteiger partial charge in [-0.25, -0.2) is 14.4 Å². The Hall–Kier alpha value is -2.14. The van der Waals surface area contributed by atoms with Crippen molar-refractivity contribution in [1.82, 2.24) is 9.97 Å². The number of aliphatic hydroxyl groups excluding tert-OH is 1. The topological polar surface area (TPSA) is 63.1 Å². The molecule has 4 nitrogen and oxygen atoms in total. The summed E-state index contributed by atoms with van der Waals surface area (Å²) in [5.41, 5.74) is 2.68. The first kappa shape index (κ1) is 17.2. The molecule has 1 heterocycles. The van der Waals surface area contributed by atoms with Crippen LogP contribution in [0, 0.1) is 12.7 Å². The Labute approximate surface area is 135 Å². The van der Waals surface area contributed by atoms with Crippen LogP contribution in [0.25, 0.3) is 0 Å². The standard InChI is InChI=1S/C17H17FN2O.CH4O/c1-11-14(4-3-5-15(11)18)17(12(2)21)7-6-16-13(8-17)9-19-10-20-16;1-2/h3-5,9-10H,6-8H2,1-2H3;2H,1H3. The number of carbonyl (C=O) groups excluding carboxylic acids is 1. The van der Waals surface area contributed by atoms with Gasteiger partial charge in [-0.1, -0.05) is 12.1 Å².